The Hall–Kier alpha value is -4.45. The number of carbonyl (C=O) groups excluding carboxylic acids is 4. The Labute approximate surface area is 289 Å². The van der Waals surface area contributed by atoms with Crippen LogP contribution in [0.25, 0.3) is 0 Å². The molecule has 14 heteroatoms. The largest absolute Gasteiger partial charge is 5.00 e. The Balaban J connectivity index is 0.000000891. The molecule has 1 radical (unpaired) electrons. The number of hydrogen-bond donors (Lipinski definition) is 2. The first kappa shape index (κ1) is 43.5. The van der Waals surface area contributed by atoms with Crippen LogP contribution in [0.1, 0.15) is 12.8 Å². The van der Waals surface area contributed by atoms with Gasteiger partial charge in [-0.15, -0.1) is 0 Å². The van der Waals surface area contributed by atoms with Crippen LogP contribution in [0.15, 0.2) is 121 Å². The second-order valence-electron chi connectivity index (χ2n) is 9.82. The van der Waals surface area contributed by atoms with E-state index >= 15 is 0 Å². The third-order valence-electron chi connectivity index (χ3n) is 6.79. The average Bonchev–Trinajstić information content (AvgIpc) is 3.04. The molecule has 0 heterocycles. The van der Waals surface area contributed by atoms with Gasteiger partial charge in [-0.3, -0.25) is 0 Å². The predicted molar refractivity (Wildman–Crippen MR) is 171 cm³/mol. The SMILES string of the molecule is O.O.O=C([O-])C[C@H](NCCN[C@@H](CC(=O)[O-])C(=O)[O-])C(=O)[O-].[Fe+5].c1ccc([P+](c2ccccc2)(c2ccccc2)c2ccccc2)cc1. The van der Waals surface area contributed by atoms with E-state index in [4.69, 9.17) is 0 Å². The summed E-state index contributed by atoms with van der Waals surface area (Å²) in [4.78, 5) is 41.6. The van der Waals surface area contributed by atoms with Crippen molar-refractivity contribution in [1.29, 1.82) is 0 Å². The van der Waals surface area contributed by atoms with Crippen LogP contribution in [0.5, 0.6) is 0 Å². The van der Waals surface area contributed by atoms with Gasteiger partial charge in [0.2, 0.25) is 0 Å². The molecule has 6 N–H and O–H groups in total. The zero-order chi connectivity index (χ0) is 32.7. The van der Waals surface area contributed by atoms with E-state index in [2.05, 4.69) is 132 Å². The van der Waals surface area contributed by atoms with Crippen molar-refractivity contribution in [1.82, 2.24) is 10.6 Å². The van der Waals surface area contributed by atoms with Crippen LogP contribution in [0, 0.1) is 0 Å². The maximum Gasteiger partial charge on any atom is 5.00 e. The molecular formula is C34H36FeN2O10P+2. The molecule has 0 amide bonds. The number of rotatable bonds is 15. The van der Waals surface area contributed by atoms with Crippen LogP contribution in [0.3, 0.4) is 0 Å². The Bertz CT molecular complexity index is 1340. The summed E-state index contributed by atoms with van der Waals surface area (Å²) in [6.45, 7) is -0.272. The smallest absolute Gasteiger partial charge is 0.550 e. The Morgan fingerprint density at radius 3 is 0.896 bits per heavy atom. The monoisotopic (exact) mass is 719 g/mol. The quantitative estimate of drug-likeness (QED) is 0.0676. The fourth-order valence-corrected chi connectivity index (χ4v) is 9.07. The number of hydrogen-bond acceptors (Lipinski definition) is 10. The molecule has 0 bridgehead atoms. The summed E-state index contributed by atoms with van der Waals surface area (Å²) in [7, 11) is -1.91. The number of carbonyl (C=O) groups is 4. The van der Waals surface area contributed by atoms with E-state index < -0.39 is 56.1 Å². The number of nitrogens with one attached hydrogen (secondary N) is 2. The molecule has 0 aliphatic carbocycles. The van der Waals surface area contributed by atoms with Crippen molar-refractivity contribution in [2.75, 3.05) is 13.1 Å². The number of carboxylic acids is 4. The minimum Gasteiger partial charge on any atom is -0.550 e. The van der Waals surface area contributed by atoms with Crippen molar-refractivity contribution in [2.24, 2.45) is 0 Å². The van der Waals surface area contributed by atoms with Gasteiger partial charge in [-0.25, -0.2) is 0 Å². The molecule has 0 saturated heterocycles. The van der Waals surface area contributed by atoms with Crippen molar-refractivity contribution in [3.8, 4) is 0 Å². The van der Waals surface area contributed by atoms with Gasteiger partial charge in [0.25, 0.3) is 0 Å². The van der Waals surface area contributed by atoms with Crippen LogP contribution >= 0.6 is 7.26 Å². The second kappa shape index (κ2) is 22.2. The molecule has 4 aromatic rings. The molecule has 0 saturated carbocycles. The van der Waals surface area contributed by atoms with Crippen LogP contribution in [0.2, 0.25) is 0 Å². The van der Waals surface area contributed by atoms with Gasteiger partial charge in [-0.2, -0.15) is 0 Å². The normalized spacial score (nSPS) is 11.4. The minimum atomic E-state index is -1.91. The van der Waals surface area contributed by atoms with E-state index in [1.165, 1.54) is 21.2 Å². The molecule has 253 valence electrons. The van der Waals surface area contributed by atoms with E-state index in [0.29, 0.717) is 0 Å². The van der Waals surface area contributed by atoms with Crippen molar-refractivity contribution in [3.63, 3.8) is 0 Å². The summed E-state index contributed by atoms with van der Waals surface area (Å²) in [5, 5.41) is 51.7. The first-order valence-corrected chi connectivity index (χ1v) is 15.8. The van der Waals surface area contributed by atoms with Crippen molar-refractivity contribution in [2.45, 2.75) is 24.9 Å². The van der Waals surface area contributed by atoms with E-state index in [9.17, 15) is 39.6 Å². The number of carboxylic acid groups (broad SMARTS) is 4. The molecule has 0 fully saturated rings. The van der Waals surface area contributed by atoms with Gasteiger partial charge in [0.15, 0.2) is 0 Å². The zero-order valence-corrected chi connectivity index (χ0v) is 27.6. The average molecular weight is 719 g/mol. The molecule has 0 spiro atoms. The molecule has 4 rings (SSSR count). The van der Waals surface area contributed by atoms with Gasteiger partial charge in [0.1, 0.15) is 28.5 Å². The standard InChI is InChI=1S/C24H20P.C10H16N2O8.Fe.2H2O/c1-5-13-21(14-6-1)25(22-15-7-2-8-16-22,23-17-9-3-10-18-23)24-19-11-4-12-20-24;13-7(14)3-5(9(17)18)11-1-2-12-6(10(19)20)4-8(15)16;;;/h1-20H;5-6,11-12H,1-4H2,(H,13,14)(H,15,16)(H,17,18)(H,19,20);;2*1H2/q+1;;+5;;/p-4/t;5-,6-;;;/m.0.../s1. The molecule has 12 nitrogen and oxygen atoms in total. The van der Waals surface area contributed by atoms with Crippen LogP contribution in [0.4, 0.5) is 0 Å². The summed E-state index contributed by atoms with van der Waals surface area (Å²) in [5.74, 6) is -6.49. The van der Waals surface area contributed by atoms with Crippen molar-refractivity contribution in [3.05, 3.63) is 121 Å². The third-order valence-corrected chi connectivity index (χ3v) is 11.1. The summed E-state index contributed by atoms with van der Waals surface area (Å²) in [6.07, 6.45) is -1.63. The number of benzene rings is 4. The van der Waals surface area contributed by atoms with Gasteiger partial charge in [-0.1, -0.05) is 72.8 Å². The topological polar surface area (TPSA) is 248 Å². The number of aliphatic carboxylic acids is 4. The van der Waals surface area contributed by atoms with E-state index in [0.717, 1.165) is 0 Å². The molecule has 0 aromatic heterocycles. The summed E-state index contributed by atoms with van der Waals surface area (Å²) in [6, 6.07) is 40.8. The van der Waals surface area contributed by atoms with Crippen LogP contribution in [-0.4, -0.2) is 60.0 Å². The molecule has 2 atom stereocenters. The molecule has 0 aliphatic rings. The Kier molecular flexibility index (Phi) is 20.1. The molecule has 4 aromatic carbocycles. The third kappa shape index (κ3) is 12.3. The summed E-state index contributed by atoms with van der Waals surface area (Å²) in [5.41, 5.74) is 0. The second-order valence-corrected chi connectivity index (χ2v) is 13.2. The van der Waals surface area contributed by atoms with Gasteiger partial charge >= 0.3 is 17.1 Å². The van der Waals surface area contributed by atoms with Crippen LogP contribution < -0.4 is 52.3 Å². The van der Waals surface area contributed by atoms with E-state index in [1.807, 2.05) is 0 Å². The maximum atomic E-state index is 10.5. The predicted octanol–water partition coefficient (Wildman–Crippen LogP) is -4.66. The fourth-order valence-electron chi connectivity index (χ4n) is 4.80. The van der Waals surface area contributed by atoms with Crippen LogP contribution in [-0.2, 0) is 36.2 Å². The summed E-state index contributed by atoms with van der Waals surface area (Å²) < 4.78 is 0. The van der Waals surface area contributed by atoms with Crippen molar-refractivity contribution < 1.29 is 67.6 Å². The van der Waals surface area contributed by atoms with Gasteiger partial charge in [-0.05, 0) is 48.5 Å². The molecular weight excluding hydrogens is 683 g/mol. The minimum absolute atomic E-state index is 0. The Morgan fingerprint density at radius 2 is 0.708 bits per heavy atom. The van der Waals surface area contributed by atoms with Gasteiger partial charge < -0.3 is 61.2 Å². The molecule has 48 heavy (non-hydrogen) atoms. The first-order chi connectivity index (χ1) is 21.7. The first-order valence-electron chi connectivity index (χ1n) is 14.1. The molecule has 0 aliphatic heterocycles. The van der Waals surface area contributed by atoms with Crippen molar-refractivity contribution >= 4 is 52.4 Å². The fraction of sp³-hybridized carbons (Fsp3) is 0.176. The Morgan fingerprint density at radius 1 is 0.479 bits per heavy atom. The summed E-state index contributed by atoms with van der Waals surface area (Å²) >= 11 is 0. The van der Waals surface area contributed by atoms with Gasteiger partial charge in [0.05, 0.1) is 24.0 Å². The zero-order valence-electron chi connectivity index (χ0n) is 25.6. The molecule has 0 unspecified atom stereocenters. The van der Waals surface area contributed by atoms with E-state index in [1.54, 1.807) is 0 Å². The van der Waals surface area contributed by atoms with E-state index in [-0.39, 0.29) is 41.1 Å². The maximum absolute atomic E-state index is 10.5. The van der Waals surface area contributed by atoms with Gasteiger partial charge in [0, 0.05) is 37.9 Å².